The van der Waals surface area contributed by atoms with Crippen LogP contribution in [0.3, 0.4) is 0 Å². The first-order chi connectivity index (χ1) is 22.4. The van der Waals surface area contributed by atoms with Crippen LogP contribution < -0.4 is 0 Å². The summed E-state index contributed by atoms with van der Waals surface area (Å²) in [7, 11) is 0. The van der Waals surface area contributed by atoms with Crippen LogP contribution in [0.1, 0.15) is 63.3 Å². The van der Waals surface area contributed by atoms with Crippen molar-refractivity contribution in [3.8, 4) is 46.5 Å². The summed E-state index contributed by atoms with van der Waals surface area (Å²) in [5, 5.41) is 39.3. The molecule has 0 amide bonds. The molecule has 7 heteroatoms. The van der Waals surface area contributed by atoms with Gasteiger partial charge in [0.15, 0.2) is 23.1 Å². The summed E-state index contributed by atoms with van der Waals surface area (Å²) < 4.78 is 26.9. The molecule has 4 N–H and O–H groups in total. The highest BCUT2D eigenvalue weighted by Gasteiger charge is 2.09. The first kappa shape index (κ1) is 37.6. The first-order valence-electron chi connectivity index (χ1n) is 15.1. The third kappa shape index (κ3) is 9.94. The Balaban J connectivity index is 0.000000288. The predicted molar refractivity (Wildman–Crippen MR) is 191 cm³/mol. The molecule has 0 heterocycles. The lowest BCUT2D eigenvalue weighted by atomic mass is 9.97. The van der Waals surface area contributed by atoms with Crippen LogP contribution in [0.15, 0.2) is 90.4 Å². The zero-order valence-corrected chi connectivity index (χ0v) is 27.6. The number of halogens is 2. The lowest BCUT2D eigenvalue weighted by Gasteiger charge is -2.08. The number of hydrogen-bond donors (Lipinski definition) is 4. The Morgan fingerprint density at radius 1 is 0.809 bits per heavy atom. The van der Waals surface area contributed by atoms with E-state index in [1.807, 2.05) is 26.8 Å². The molecule has 5 rings (SSSR count). The standard InChI is InChI=1S/C18H11FO2.C17H16FNO2.C3H8.C2H6/c1-2-11-7-14(12-4-6-18(21)17(19)9-12)8-13-3-5-15(20)10-16(11)13;1-4-12-7-14(20)9-16(10(12)2)19-11(3)13-5-6-17(21)15(18)8-13;1-3-2;1-2/h1,3-10,20-21H;4-9,20-21H,1H2,2-3H3;3H2,1-2H3;1-2H3. The van der Waals surface area contributed by atoms with Gasteiger partial charge in [-0.2, -0.15) is 0 Å². The Morgan fingerprint density at radius 3 is 2.00 bits per heavy atom. The molecule has 0 bridgehead atoms. The molecule has 5 aromatic rings. The SMILES string of the molecule is C#Cc1cc(-c2ccc(O)c(F)c2)cc2ccc(O)cc12.C=Cc1cc(O)cc(N=C(C)c2ccc(O)c(F)c2)c1C.CC.CCC. The van der Waals surface area contributed by atoms with Gasteiger partial charge in [0.25, 0.3) is 0 Å². The van der Waals surface area contributed by atoms with E-state index in [9.17, 15) is 29.2 Å². The highest BCUT2D eigenvalue weighted by atomic mass is 19.1. The van der Waals surface area contributed by atoms with Gasteiger partial charge in [0.05, 0.1) is 5.69 Å². The fourth-order valence-electron chi connectivity index (χ4n) is 4.33. The maximum atomic E-state index is 13.5. The van der Waals surface area contributed by atoms with Gasteiger partial charge in [0, 0.05) is 22.7 Å². The molecular formula is C40H41F2NO4. The summed E-state index contributed by atoms with van der Waals surface area (Å²) >= 11 is 0. The zero-order valence-electron chi connectivity index (χ0n) is 27.6. The first-order valence-corrected chi connectivity index (χ1v) is 15.1. The van der Waals surface area contributed by atoms with E-state index in [2.05, 4.69) is 31.3 Å². The summed E-state index contributed by atoms with van der Waals surface area (Å²) in [6.45, 7) is 15.6. The predicted octanol–water partition coefficient (Wildman–Crippen LogP) is 10.8. The minimum atomic E-state index is -0.693. The van der Waals surface area contributed by atoms with Crippen molar-refractivity contribution in [2.45, 2.75) is 48.0 Å². The third-order valence-electron chi connectivity index (χ3n) is 6.65. The van der Waals surface area contributed by atoms with Crippen molar-refractivity contribution in [3.05, 3.63) is 119 Å². The molecule has 0 aliphatic heterocycles. The molecular weight excluding hydrogens is 596 g/mol. The summed E-state index contributed by atoms with van der Waals surface area (Å²) in [5.74, 6) is 0.662. The Labute approximate surface area is 275 Å². The van der Waals surface area contributed by atoms with Gasteiger partial charge in [-0.1, -0.05) is 64.8 Å². The number of fused-ring (bicyclic) bond motifs is 1. The number of phenolic OH excluding ortho intramolecular Hbond substituents is 4. The van der Waals surface area contributed by atoms with Crippen LogP contribution in [-0.2, 0) is 0 Å². The van der Waals surface area contributed by atoms with E-state index in [-0.39, 0.29) is 17.2 Å². The molecule has 0 aliphatic rings. The van der Waals surface area contributed by atoms with Crippen molar-refractivity contribution in [3.63, 3.8) is 0 Å². The van der Waals surface area contributed by atoms with E-state index >= 15 is 0 Å². The Morgan fingerprint density at radius 2 is 1.43 bits per heavy atom. The van der Waals surface area contributed by atoms with E-state index in [4.69, 9.17) is 6.42 Å². The second-order valence-electron chi connectivity index (χ2n) is 10.2. The highest BCUT2D eigenvalue weighted by Crippen LogP contribution is 2.32. The van der Waals surface area contributed by atoms with Crippen LogP contribution in [0.25, 0.3) is 28.0 Å². The Hall–Kier alpha value is -5.61. The fraction of sp³-hybridized carbons (Fsp3) is 0.175. The Kier molecular flexibility index (Phi) is 14.2. The van der Waals surface area contributed by atoms with Crippen LogP contribution in [-0.4, -0.2) is 26.1 Å². The van der Waals surface area contributed by atoms with E-state index in [0.717, 1.165) is 27.5 Å². The van der Waals surface area contributed by atoms with Crippen LogP contribution >= 0.6 is 0 Å². The number of hydrogen-bond acceptors (Lipinski definition) is 5. The van der Waals surface area contributed by atoms with Gasteiger partial charge in [0.1, 0.15) is 11.5 Å². The summed E-state index contributed by atoms with van der Waals surface area (Å²) in [5.41, 5.74) is 5.39. The maximum absolute atomic E-state index is 13.5. The molecule has 0 radical (unpaired) electrons. The number of aromatic hydroxyl groups is 4. The van der Waals surface area contributed by atoms with Crippen LogP contribution in [0.4, 0.5) is 14.5 Å². The van der Waals surface area contributed by atoms with Crippen LogP contribution in [0.5, 0.6) is 23.0 Å². The number of benzene rings is 5. The average Bonchev–Trinajstić information content (AvgIpc) is 3.06. The van der Waals surface area contributed by atoms with Crippen LogP contribution in [0.2, 0.25) is 0 Å². The highest BCUT2D eigenvalue weighted by molar-refractivity contribution is 6.00. The molecule has 0 spiro atoms. The van der Waals surface area contributed by atoms with Gasteiger partial charge in [-0.15, -0.1) is 6.42 Å². The van der Waals surface area contributed by atoms with Gasteiger partial charge in [-0.25, -0.2) is 8.78 Å². The molecule has 5 nitrogen and oxygen atoms in total. The molecule has 47 heavy (non-hydrogen) atoms. The van der Waals surface area contributed by atoms with E-state index in [1.54, 1.807) is 61.5 Å². The van der Waals surface area contributed by atoms with Crippen molar-refractivity contribution in [2.24, 2.45) is 4.99 Å². The molecule has 5 aromatic carbocycles. The average molecular weight is 638 g/mol. The molecule has 0 atom stereocenters. The minimum absolute atomic E-state index is 0.0962. The summed E-state index contributed by atoms with van der Waals surface area (Å²) in [6.07, 6.45) is 8.41. The van der Waals surface area contributed by atoms with E-state index < -0.39 is 17.4 Å². The smallest absolute Gasteiger partial charge is 0.165 e. The summed E-state index contributed by atoms with van der Waals surface area (Å²) in [6, 6.07) is 20.0. The molecule has 0 saturated carbocycles. The van der Waals surface area contributed by atoms with Gasteiger partial charge < -0.3 is 20.4 Å². The minimum Gasteiger partial charge on any atom is -0.508 e. The number of rotatable bonds is 4. The van der Waals surface area contributed by atoms with E-state index in [1.165, 1.54) is 30.7 Å². The number of nitrogens with zero attached hydrogens (tertiary/aromatic N) is 1. The normalized spacial score (nSPS) is 10.3. The second kappa shape index (κ2) is 17.8. The monoisotopic (exact) mass is 637 g/mol. The number of phenols is 4. The van der Waals surface area contributed by atoms with Gasteiger partial charge >= 0.3 is 0 Å². The Bertz CT molecular complexity index is 1920. The van der Waals surface area contributed by atoms with Crippen molar-refractivity contribution < 1.29 is 29.2 Å². The summed E-state index contributed by atoms with van der Waals surface area (Å²) in [4.78, 5) is 4.43. The number of terminal acetylenes is 1. The molecule has 244 valence electrons. The fourth-order valence-corrected chi connectivity index (χ4v) is 4.33. The lowest BCUT2D eigenvalue weighted by molar-refractivity contribution is 0.432. The van der Waals surface area contributed by atoms with Crippen molar-refractivity contribution in [1.82, 2.24) is 0 Å². The molecule has 0 aliphatic carbocycles. The quantitative estimate of drug-likeness (QED) is 0.117. The largest absolute Gasteiger partial charge is 0.508 e. The van der Waals surface area contributed by atoms with Crippen molar-refractivity contribution in [1.29, 1.82) is 0 Å². The zero-order chi connectivity index (χ0) is 35.3. The van der Waals surface area contributed by atoms with Gasteiger partial charge in [0.2, 0.25) is 0 Å². The van der Waals surface area contributed by atoms with Crippen molar-refractivity contribution in [2.75, 3.05) is 0 Å². The van der Waals surface area contributed by atoms with Gasteiger partial charge in [-0.3, -0.25) is 4.99 Å². The van der Waals surface area contributed by atoms with Gasteiger partial charge in [-0.05, 0) is 108 Å². The molecule has 0 fully saturated rings. The topological polar surface area (TPSA) is 93.3 Å². The second-order valence-corrected chi connectivity index (χ2v) is 10.2. The maximum Gasteiger partial charge on any atom is 0.165 e. The number of aliphatic imine (C=N–C) groups is 1. The lowest BCUT2D eigenvalue weighted by Crippen LogP contribution is -1.95. The molecule has 0 saturated heterocycles. The molecule has 0 aromatic heterocycles. The van der Waals surface area contributed by atoms with E-state index in [0.29, 0.717) is 28.1 Å². The van der Waals surface area contributed by atoms with Crippen molar-refractivity contribution >= 4 is 28.2 Å². The van der Waals surface area contributed by atoms with Crippen LogP contribution in [0, 0.1) is 30.9 Å². The molecule has 0 unspecified atom stereocenters. The third-order valence-corrected chi connectivity index (χ3v) is 6.65.